The second kappa shape index (κ2) is 24.9. The highest BCUT2D eigenvalue weighted by molar-refractivity contribution is 4.94. The van der Waals surface area contributed by atoms with Gasteiger partial charge in [-0.3, -0.25) is 0 Å². The van der Waals surface area contributed by atoms with Crippen molar-refractivity contribution in [1.82, 2.24) is 5.32 Å². The van der Waals surface area contributed by atoms with Gasteiger partial charge in [-0.2, -0.15) is 0 Å². The molecule has 0 aliphatic rings. The molecule has 3 nitrogen and oxygen atoms in total. The van der Waals surface area contributed by atoms with Crippen LogP contribution in [0.4, 0.5) is 0 Å². The van der Waals surface area contributed by atoms with Crippen molar-refractivity contribution in [1.29, 1.82) is 0 Å². The van der Waals surface area contributed by atoms with Crippen molar-refractivity contribution in [2.75, 3.05) is 26.3 Å². The summed E-state index contributed by atoms with van der Waals surface area (Å²) in [5.41, 5.74) is 0.0360. The van der Waals surface area contributed by atoms with Crippen LogP contribution in [0.1, 0.15) is 177 Å². The van der Waals surface area contributed by atoms with Gasteiger partial charge in [0.15, 0.2) is 5.79 Å². The quantitative estimate of drug-likeness (QED) is 0.0778. The van der Waals surface area contributed by atoms with Crippen molar-refractivity contribution < 1.29 is 9.47 Å². The standard InChI is InChI=1S/C34H71NO2/c1-8-13-16-18-19-20-22-24-28-32(27-23-21-17-14-9-2)33(6,34(7,36-11-4)37-12-5)29-25-26-31-35-30-15-10-3/h32,35H,8-31H2,1-7H3. The van der Waals surface area contributed by atoms with E-state index in [-0.39, 0.29) is 5.41 Å². The number of hydrogen-bond donors (Lipinski definition) is 1. The highest BCUT2D eigenvalue weighted by Gasteiger charge is 2.50. The molecular formula is C34H71NO2. The van der Waals surface area contributed by atoms with Gasteiger partial charge >= 0.3 is 0 Å². The van der Waals surface area contributed by atoms with Gasteiger partial charge in [-0.15, -0.1) is 0 Å². The molecule has 1 N–H and O–H groups in total. The van der Waals surface area contributed by atoms with E-state index in [1.165, 1.54) is 128 Å². The van der Waals surface area contributed by atoms with Gasteiger partial charge in [0.2, 0.25) is 0 Å². The summed E-state index contributed by atoms with van der Waals surface area (Å²) in [6.07, 6.45) is 26.8. The minimum absolute atomic E-state index is 0.0360. The zero-order chi connectivity index (χ0) is 27.7. The molecule has 0 bridgehead atoms. The molecule has 3 heteroatoms. The van der Waals surface area contributed by atoms with Gasteiger partial charge < -0.3 is 14.8 Å². The van der Waals surface area contributed by atoms with E-state index >= 15 is 0 Å². The first-order valence-corrected chi connectivity index (χ1v) is 16.9. The Morgan fingerprint density at radius 1 is 0.514 bits per heavy atom. The van der Waals surface area contributed by atoms with Gasteiger partial charge in [0, 0.05) is 18.6 Å². The van der Waals surface area contributed by atoms with E-state index in [9.17, 15) is 0 Å². The van der Waals surface area contributed by atoms with Crippen LogP contribution < -0.4 is 5.32 Å². The van der Waals surface area contributed by atoms with Crippen LogP contribution in [0.3, 0.4) is 0 Å². The highest BCUT2D eigenvalue weighted by Crippen LogP contribution is 2.50. The third-order valence-electron chi connectivity index (χ3n) is 8.85. The van der Waals surface area contributed by atoms with Crippen molar-refractivity contribution in [3.8, 4) is 0 Å². The molecule has 0 rings (SSSR count). The number of ether oxygens (including phenoxy) is 2. The van der Waals surface area contributed by atoms with Crippen molar-refractivity contribution in [3.05, 3.63) is 0 Å². The number of nitrogens with one attached hydrogen (secondary N) is 1. The zero-order valence-electron chi connectivity index (χ0n) is 26.9. The maximum atomic E-state index is 6.52. The average molecular weight is 526 g/mol. The van der Waals surface area contributed by atoms with Gasteiger partial charge in [0.25, 0.3) is 0 Å². The molecule has 224 valence electrons. The Bertz CT molecular complexity index is 463. The lowest BCUT2D eigenvalue weighted by molar-refractivity contribution is -0.298. The summed E-state index contributed by atoms with van der Waals surface area (Å²) in [5.74, 6) is 0.144. The summed E-state index contributed by atoms with van der Waals surface area (Å²) in [4.78, 5) is 0. The van der Waals surface area contributed by atoms with Crippen molar-refractivity contribution >= 4 is 0 Å². The van der Waals surface area contributed by atoms with Crippen LogP contribution in [-0.4, -0.2) is 32.1 Å². The van der Waals surface area contributed by atoms with Gasteiger partial charge in [0.05, 0.1) is 0 Å². The van der Waals surface area contributed by atoms with Crippen molar-refractivity contribution in [2.24, 2.45) is 11.3 Å². The number of rotatable bonds is 29. The Labute approximate surface area is 235 Å². The van der Waals surface area contributed by atoms with Gasteiger partial charge in [-0.25, -0.2) is 0 Å². The Morgan fingerprint density at radius 3 is 1.41 bits per heavy atom. The number of hydrogen-bond acceptors (Lipinski definition) is 3. The van der Waals surface area contributed by atoms with Gasteiger partial charge in [-0.05, 0) is 71.9 Å². The van der Waals surface area contributed by atoms with E-state index < -0.39 is 5.79 Å². The normalized spacial score (nSPS) is 14.7. The van der Waals surface area contributed by atoms with E-state index in [0.29, 0.717) is 19.1 Å². The van der Waals surface area contributed by atoms with Crippen LogP contribution in [0.5, 0.6) is 0 Å². The minimum atomic E-state index is -0.514. The lowest BCUT2D eigenvalue weighted by Crippen LogP contribution is -2.53. The summed E-state index contributed by atoms with van der Waals surface area (Å²) in [6, 6.07) is 0. The lowest BCUT2D eigenvalue weighted by Gasteiger charge is -2.50. The second-order valence-corrected chi connectivity index (χ2v) is 12.0. The first kappa shape index (κ1) is 36.9. The van der Waals surface area contributed by atoms with E-state index in [0.717, 1.165) is 13.1 Å². The predicted molar refractivity (Wildman–Crippen MR) is 165 cm³/mol. The van der Waals surface area contributed by atoms with Crippen LogP contribution in [0.2, 0.25) is 0 Å². The van der Waals surface area contributed by atoms with Crippen molar-refractivity contribution in [2.45, 2.75) is 183 Å². The molecule has 0 spiro atoms. The predicted octanol–water partition coefficient (Wildman–Crippen LogP) is 10.8. The molecule has 0 saturated carbocycles. The molecule has 37 heavy (non-hydrogen) atoms. The molecule has 0 saturated heterocycles. The molecule has 0 aliphatic heterocycles. The zero-order valence-corrected chi connectivity index (χ0v) is 26.9. The van der Waals surface area contributed by atoms with E-state index in [1.54, 1.807) is 0 Å². The molecule has 0 heterocycles. The molecule has 0 radical (unpaired) electrons. The third-order valence-corrected chi connectivity index (χ3v) is 8.85. The summed E-state index contributed by atoms with van der Waals surface area (Å²) in [7, 11) is 0. The molecule has 0 amide bonds. The fraction of sp³-hybridized carbons (Fsp3) is 1.00. The first-order chi connectivity index (χ1) is 18.0. The van der Waals surface area contributed by atoms with Crippen LogP contribution in [0, 0.1) is 11.3 Å². The Balaban J connectivity index is 5.35. The molecular weight excluding hydrogens is 454 g/mol. The van der Waals surface area contributed by atoms with E-state index in [2.05, 4.69) is 53.8 Å². The van der Waals surface area contributed by atoms with Crippen LogP contribution in [0.15, 0.2) is 0 Å². The van der Waals surface area contributed by atoms with Crippen LogP contribution in [0.25, 0.3) is 0 Å². The fourth-order valence-electron chi connectivity index (χ4n) is 6.19. The molecule has 0 aromatic heterocycles. The summed E-state index contributed by atoms with van der Waals surface area (Å²) in [5, 5.41) is 3.65. The Morgan fingerprint density at radius 2 is 0.946 bits per heavy atom. The fourth-order valence-corrected chi connectivity index (χ4v) is 6.19. The molecule has 2 atom stereocenters. The Kier molecular flexibility index (Phi) is 24.8. The number of unbranched alkanes of at least 4 members (excludes halogenated alkanes) is 13. The summed E-state index contributed by atoms with van der Waals surface area (Å²) >= 11 is 0. The minimum Gasteiger partial charge on any atom is -0.350 e. The maximum absolute atomic E-state index is 6.52. The van der Waals surface area contributed by atoms with Crippen LogP contribution >= 0.6 is 0 Å². The molecule has 0 fully saturated rings. The maximum Gasteiger partial charge on any atom is 0.170 e. The van der Waals surface area contributed by atoms with Gasteiger partial charge in [-0.1, -0.05) is 124 Å². The second-order valence-electron chi connectivity index (χ2n) is 12.0. The van der Waals surface area contributed by atoms with Crippen LogP contribution in [-0.2, 0) is 9.47 Å². The van der Waals surface area contributed by atoms with E-state index in [1.807, 2.05) is 0 Å². The van der Waals surface area contributed by atoms with Gasteiger partial charge in [0.1, 0.15) is 0 Å². The molecule has 0 aliphatic carbocycles. The monoisotopic (exact) mass is 526 g/mol. The lowest BCUT2D eigenvalue weighted by atomic mass is 9.64. The first-order valence-electron chi connectivity index (χ1n) is 16.9. The summed E-state index contributed by atoms with van der Waals surface area (Å²) in [6.45, 7) is 19.7. The Hall–Kier alpha value is -0.120. The SMILES string of the molecule is CCCCCCCCCCC(CCCCCCC)C(C)(CCCCNCCCC)C(C)(OCC)OCC. The summed E-state index contributed by atoms with van der Waals surface area (Å²) < 4.78 is 13.0. The third kappa shape index (κ3) is 16.6. The van der Waals surface area contributed by atoms with Crippen molar-refractivity contribution in [3.63, 3.8) is 0 Å². The topological polar surface area (TPSA) is 30.5 Å². The highest BCUT2D eigenvalue weighted by atomic mass is 16.7. The average Bonchev–Trinajstić information content (AvgIpc) is 2.88. The molecule has 0 aromatic rings. The molecule has 2 unspecified atom stereocenters. The van der Waals surface area contributed by atoms with E-state index in [4.69, 9.17) is 9.47 Å². The largest absolute Gasteiger partial charge is 0.350 e. The molecule has 0 aromatic carbocycles. The smallest absolute Gasteiger partial charge is 0.170 e.